The van der Waals surface area contributed by atoms with Crippen LogP contribution in [-0.2, 0) is 11.8 Å². The molecule has 0 aliphatic carbocycles. The maximum Gasteiger partial charge on any atom is 0.167 e. The van der Waals surface area contributed by atoms with E-state index >= 15 is 0 Å². The minimum absolute atomic E-state index is 0.151. The molecule has 0 spiro atoms. The fourth-order valence-electron chi connectivity index (χ4n) is 2.29. The Labute approximate surface area is 121 Å². The Morgan fingerprint density at radius 3 is 2.10 bits per heavy atom. The maximum absolute atomic E-state index is 12.3. The van der Waals surface area contributed by atoms with Crippen LogP contribution in [-0.4, -0.2) is 5.78 Å². The Morgan fingerprint density at radius 2 is 1.55 bits per heavy atom. The predicted octanol–water partition coefficient (Wildman–Crippen LogP) is 4.72. The van der Waals surface area contributed by atoms with Gasteiger partial charge in [-0.1, -0.05) is 69.3 Å². The lowest BCUT2D eigenvalue weighted by Gasteiger charge is -2.19. The number of hydrogen-bond donors (Lipinski definition) is 0. The average molecular weight is 266 g/mol. The first-order valence-electron chi connectivity index (χ1n) is 7.06. The summed E-state index contributed by atoms with van der Waals surface area (Å²) in [6.07, 6.45) is 0.468. The van der Waals surface area contributed by atoms with E-state index in [9.17, 15) is 4.79 Å². The first-order valence-corrected chi connectivity index (χ1v) is 7.06. The summed E-state index contributed by atoms with van der Waals surface area (Å²) in [6, 6.07) is 16.2. The van der Waals surface area contributed by atoms with E-state index in [1.165, 1.54) is 5.56 Å². The van der Waals surface area contributed by atoms with Gasteiger partial charge in [0, 0.05) is 12.0 Å². The van der Waals surface area contributed by atoms with Crippen molar-refractivity contribution in [2.75, 3.05) is 0 Å². The maximum atomic E-state index is 12.3. The third kappa shape index (κ3) is 3.36. The van der Waals surface area contributed by atoms with Gasteiger partial charge in [-0.3, -0.25) is 4.79 Å². The summed E-state index contributed by atoms with van der Waals surface area (Å²) in [4.78, 5) is 12.3. The van der Waals surface area contributed by atoms with Crippen molar-refractivity contribution in [2.24, 2.45) is 0 Å². The molecule has 0 N–H and O–H groups in total. The summed E-state index contributed by atoms with van der Waals surface area (Å²) in [6.45, 7) is 8.57. The number of aryl methyl sites for hydroxylation is 1. The second-order valence-corrected chi connectivity index (χ2v) is 6.36. The van der Waals surface area contributed by atoms with Crippen LogP contribution < -0.4 is 0 Å². The number of carbonyl (C=O) groups is 1. The minimum atomic E-state index is 0.151. The van der Waals surface area contributed by atoms with E-state index in [0.29, 0.717) is 6.42 Å². The molecule has 0 saturated heterocycles. The topological polar surface area (TPSA) is 17.1 Å². The SMILES string of the molecule is Cc1ccccc1C(=O)Cc1ccc(C(C)(C)C)cc1. The predicted molar refractivity (Wildman–Crippen MR) is 84.4 cm³/mol. The lowest BCUT2D eigenvalue weighted by Crippen LogP contribution is -2.11. The monoisotopic (exact) mass is 266 g/mol. The van der Waals surface area contributed by atoms with Crippen molar-refractivity contribution < 1.29 is 4.79 Å². The van der Waals surface area contributed by atoms with Gasteiger partial charge in [-0.15, -0.1) is 0 Å². The number of benzene rings is 2. The zero-order valence-corrected chi connectivity index (χ0v) is 12.7. The van der Waals surface area contributed by atoms with Crippen LogP contribution >= 0.6 is 0 Å². The van der Waals surface area contributed by atoms with Crippen molar-refractivity contribution in [3.8, 4) is 0 Å². The molecule has 0 fully saturated rings. The smallest absolute Gasteiger partial charge is 0.167 e. The van der Waals surface area contributed by atoms with Gasteiger partial charge in [0.1, 0.15) is 0 Å². The molecule has 104 valence electrons. The highest BCUT2D eigenvalue weighted by Crippen LogP contribution is 2.22. The summed E-state index contributed by atoms with van der Waals surface area (Å²) in [5.74, 6) is 0.187. The molecule has 2 aromatic carbocycles. The highest BCUT2D eigenvalue weighted by atomic mass is 16.1. The molecule has 0 saturated carbocycles. The van der Waals surface area contributed by atoms with Crippen molar-refractivity contribution in [1.82, 2.24) is 0 Å². The Balaban J connectivity index is 2.15. The quantitative estimate of drug-likeness (QED) is 0.735. The third-order valence-corrected chi connectivity index (χ3v) is 3.63. The van der Waals surface area contributed by atoms with Gasteiger partial charge < -0.3 is 0 Å². The number of ketones is 1. The molecule has 0 aliphatic rings. The number of hydrogen-bond acceptors (Lipinski definition) is 1. The molecule has 0 atom stereocenters. The average Bonchev–Trinajstić information content (AvgIpc) is 2.38. The molecule has 0 aliphatic heterocycles. The summed E-state index contributed by atoms with van der Waals surface area (Å²) in [5.41, 5.74) is 4.39. The van der Waals surface area contributed by atoms with Crippen molar-refractivity contribution in [1.29, 1.82) is 0 Å². The van der Waals surface area contributed by atoms with Crippen LogP contribution in [0.3, 0.4) is 0 Å². The Bertz CT molecular complexity index is 600. The molecule has 0 unspecified atom stereocenters. The molecule has 0 heterocycles. The van der Waals surface area contributed by atoms with E-state index in [4.69, 9.17) is 0 Å². The van der Waals surface area contributed by atoms with E-state index in [-0.39, 0.29) is 11.2 Å². The summed E-state index contributed by atoms with van der Waals surface area (Å²) in [7, 11) is 0. The van der Waals surface area contributed by atoms with E-state index in [1.54, 1.807) is 0 Å². The van der Waals surface area contributed by atoms with Gasteiger partial charge in [0.2, 0.25) is 0 Å². The summed E-state index contributed by atoms with van der Waals surface area (Å²) >= 11 is 0. The third-order valence-electron chi connectivity index (χ3n) is 3.63. The first-order chi connectivity index (χ1) is 9.38. The zero-order chi connectivity index (χ0) is 14.8. The van der Waals surface area contributed by atoms with Gasteiger partial charge in [-0.05, 0) is 29.0 Å². The van der Waals surface area contributed by atoms with Gasteiger partial charge in [0.05, 0.1) is 0 Å². The van der Waals surface area contributed by atoms with Crippen LogP contribution in [0.15, 0.2) is 48.5 Å². The summed E-state index contributed by atoms with van der Waals surface area (Å²) < 4.78 is 0. The lowest BCUT2D eigenvalue weighted by molar-refractivity contribution is 0.0992. The molecule has 0 bridgehead atoms. The highest BCUT2D eigenvalue weighted by Gasteiger charge is 2.14. The molecular formula is C19H22O. The van der Waals surface area contributed by atoms with E-state index in [2.05, 4.69) is 45.0 Å². The highest BCUT2D eigenvalue weighted by molar-refractivity contribution is 5.98. The molecule has 0 aromatic heterocycles. The standard InChI is InChI=1S/C19H22O/c1-14-7-5-6-8-17(14)18(20)13-15-9-11-16(12-10-15)19(2,3)4/h5-12H,13H2,1-4H3. The van der Waals surface area contributed by atoms with Crippen LogP contribution in [0.2, 0.25) is 0 Å². The second kappa shape index (κ2) is 5.62. The number of Topliss-reactive ketones (excluding diaryl/α,β-unsaturated/α-hetero) is 1. The molecule has 0 amide bonds. The van der Waals surface area contributed by atoms with E-state index in [0.717, 1.165) is 16.7 Å². The minimum Gasteiger partial charge on any atom is -0.294 e. The fourth-order valence-corrected chi connectivity index (χ4v) is 2.29. The Hall–Kier alpha value is -1.89. The second-order valence-electron chi connectivity index (χ2n) is 6.36. The van der Waals surface area contributed by atoms with Crippen molar-refractivity contribution in [2.45, 2.75) is 39.5 Å². The zero-order valence-electron chi connectivity index (χ0n) is 12.7. The van der Waals surface area contributed by atoms with Gasteiger partial charge in [-0.2, -0.15) is 0 Å². The molecule has 20 heavy (non-hydrogen) atoms. The Kier molecular flexibility index (Phi) is 4.08. The normalized spacial score (nSPS) is 11.4. The van der Waals surface area contributed by atoms with Crippen LogP contribution in [0.5, 0.6) is 0 Å². The van der Waals surface area contributed by atoms with Crippen molar-refractivity contribution >= 4 is 5.78 Å². The van der Waals surface area contributed by atoms with Gasteiger partial charge in [0.25, 0.3) is 0 Å². The van der Waals surface area contributed by atoms with Crippen LogP contribution in [0.4, 0.5) is 0 Å². The molecular weight excluding hydrogens is 244 g/mol. The fraction of sp³-hybridized carbons (Fsp3) is 0.316. The van der Waals surface area contributed by atoms with Crippen molar-refractivity contribution in [3.05, 3.63) is 70.8 Å². The number of rotatable bonds is 3. The molecule has 1 heteroatoms. The first kappa shape index (κ1) is 14.5. The van der Waals surface area contributed by atoms with E-state index < -0.39 is 0 Å². The van der Waals surface area contributed by atoms with Crippen LogP contribution in [0.25, 0.3) is 0 Å². The lowest BCUT2D eigenvalue weighted by atomic mass is 9.86. The van der Waals surface area contributed by atoms with Crippen molar-refractivity contribution in [3.63, 3.8) is 0 Å². The van der Waals surface area contributed by atoms with Crippen LogP contribution in [0, 0.1) is 6.92 Å². The largest absolute Gasteiger partial charge is 0.294 e. The van der Waals surface area contributed by atoms with Gasteiger partial charge in [-0.25, -0.2) is 0 Å². The van der Waals surface area contributed by atoms with Gasteiger partial charge >= 0.3 is 0 Å². The molecule has 2 rings (SSSR count). The van der Waals surface area contributed by atoms with Crippen LogP contribution in [0.1, 0.15) is 47.8 Å². The molecule has 1 nitrogen and oxygen atoms in total. The molecule has 2 aromatic rings. The Morgan fingerprint density at radius 1 is 0.950 bits per heavy atom. The van der Waals surface area contributed by atoms with E-state index in [1.807, 2.05) is 31.2 Å². The summed E-state index contributed by atoms with van der Waals surface area (Å²) in [5, 5.41) is 0. The molecule has 0 radical (unpaired) electrons. The van der Waals surface area contributed by atoms with Gasteiger partial charge in [0.15, 0.2) is 5.78 Å². The number of carbonyl (C=O) groups excluding carboxylic acids is 1.